The molecule has 0 bridgehead atoms. The fraction of sp³-hybridized carbons (Fsp3) is 0. The van der Waals surface area contributed by atoms with Gasteiger partial charge in [0.2, 0.25) is 0 Å². The molecular formula is C6H7NS2. The standard InChI is InChI=1S/C6H7NS2/c7-6-4(8)2-1-3-5(6)9/h1-3,8-9H,7H2. The van der Waals surface area contributed by atoms with Crippen LogP contribution >= 0.6 is 25.3 Å². The third kappa shape index (κ3) is 1.34. The summed E-state index contributed by atoms with van der Waals surface area (Å²) in [5, 5.41) is 0. The van der Waals surface area contributed by atoms with Crippen LogP contribution in [0.5, 0.6) is 0 Å². The lowest BCUT2D eigenvalue weighted by molar-refractivity contribution is 1.36. The van der Waals surface area contributed by atoms with E-state index < -0.39 is 0 Å². The van der Waals surface area contributed by atoms with Gasteiger partial charge in [0.15, 0.2) is 0 Å². The number of thiol groups is 2. The summed E-state index contributed by atoms with van der Waals surface area (Å²) < 4.78 is 0. The van der Waals surface area contributed by atoms with Crippen molar-refractivity contribution < 1.29 is 0 Å². The van der Waals surface area contributed by atoms with Gasteiger partial charge < -0.3 is 5.73 Å². The topological polar surface area (TPSA) is 26.0 Å². The van der Waals surface area contributed by atoms with Crippen LogP contribution in [-0.4, -0.2) is 0 Å². The first-order chi connectivity index (χ1) is 4.22. The van der Waals surface area contributed by atoms with E-state index in [1.54, 1.807) is 0 Å². The van der Waals surface area contributed by atoms with E-state index in [1.165, 1.54) is 0 Å². The summed E-state index contributed by atoms with van der Waals surface area (Å²) in [6.07, 6.45) is 0. The van der Waals surface area contributed by atoms with Crippen LogP contribution in [0.3, 0.4) is 0 Å². The maximum atomic E-state index is 5.53. The quantitative estimate of drug-likeness (QED) is 0.389. The first kappa shape index (κ1) is 6.83. The SMILES string of the molecule is Nc1c(S)cccc1S. The van der Waals surface area contributed by atoms with E-state index in [0.29, 0.717) is 5.69 Å². The molecule has 0 saturated heterocycles. The second-order valence-corrected chi connectivity index (χ2v) is 2.67. The van der Waals surface area contributed by atoms with Crippen molar-refractivity contribution in [3.8, 4) is 0 Å². The lowest BCUT2D eigenvalue weighted by Gasteiger charge is -1.99. The third-order valence-electron chi connectivity index (χ3n) is 1.06. The zero-order valence-electron chi connectivity index (χ0n) is 4.70. The van der Waals surface area contributed by atoms with Crippen LogP contribution in [0.2, 0.25) is 0 Å². The lowest BCUT2D eigenvalue weighted by atomic mass is 10.3. The molecule has 0 heterocycles. The molecule has 3 heteroatoms. The molecule has 0 aliphatic rings. The van der Waals surface area contributed by atoms with Crippen molar-refractivity contribution in [3.05, 3.63) is 18.2 Å². The van der Waals surface area contributed by atoms with E-state index in [0.717, 1.165) is 9.79 Å². The maximum Gasteiger partial charge on any atom is 0.0585 e. The molecule has 0 radical (unpaired) electrons. The van der Waals surface area contributed by atoms with Gasteiger partial charge in [-0.25, -0.2) is 0 Å². The highest BCUT2D eigenvalue weighted by atomic mass is 32.1. The van der Waals surface area contributed by atoms with Crippen molar-refractivity contribution in [1.29, 1.82) is 0 Å². The van der Waals surface area contributed by atoms with Crippen molar-refractivity contribution in [2.45, 2.75) is 9.79 Å². The summed E-state index contributed by atoms with van der Waals surface area (Å²) in [5.74, 6) is 0. The molecule has 2 N–H and O–H groups in total. The van der Waals surface area contributed by atoms with E-state index in [1.807, 2.05) is 18.2 Å². The van der Waals surface area contributed by atoms with Gasteiger partial charge in [0, 0.05) is 9.79 Å². The summed E-state index contributed by atoms with van der Waals surface area (Å²) in [4.78, 5) is 1.56. The highest BCUT2D eigenvalue weighted by Crippen LogP contribution is 2.22. The molecule has 48 valence electrons. The molecule has 9 heavy (non-hydrogen) atoms. The normalized spacial score (nSPS) is 9.56. The number of benzene rings is 1. The Balaban J connectivity index is 3.25. The molecule has 1 aromatic carbocycles. The van der Waals surface area contributed by atoms with Gasteiger partial charge in [-0.2, -0.15) is 0 Å². The Morgan fingerprint density at radius 3 is 1.89 bits per heavy atom. The van der Waals surface area contributed by atoms with Gasteiger partial charge in [0.05, 0.1) is 5.69 Å². The Labute approximate surface area is 65.1 Å². The highest BCUT2D eigenvalue weighted by Gasteiger charge is 1.94. The van der Waals surface area contributed by atoms with Crippen LogP contribution in [-0.2, 0) is 0 Å². The Hall–Kier alpha value is -0.280. The van der Waals surface area contributed by atoms with Crippen LogP contribution in [0.1, 0.15) is 0 Å². The summed E-state index contributed by atoms with van der Waals surface area (Å²) >= 11 is 8.19. The van der Waals surface area contributed by atoms with Crippen LogP contribution in [0.4, 0.5) is 5.69 Å². The predicted octanol–water partition coefficient (Wildman–Crippen LogP) is 1.85. The molecule has 1 rings (SSSR count). The van der Waals surface area contributed by atoms with Gasteiger partial charge in [0.25, 0.3) is 0 Å². The van der Waals surface area contributed by atoms with Gasteiger partial charge in [-0.1, -0.05) is 6.07 Å². The molecule has 0 saturated carbocycles. The highest BCUT2D eigenvalue weighted by molar-refractivity contribution is 7.81. The minimum absolute atomic E-state index is 0.643. The number of para-hydroxylation sites is 1. The van der Waals surface area contributed by atoms with E-state index in [4.69, 9.17) is 5.73 Å². The zero-order chi connectivity index (χ0) is 6.85. The fourth-order valence-electron chi connectivity index (χ4n) is 0.541. The number of nitrogens with two attached hydrogens (primary N) is 1. The molecule has 0 aromatic heterocycles. The number of rotatable bonds is 0. The van der Waals surface area contributed by atoms with Gasteiger partial charge >= 0.3 is 0 Å². The second-order valence-electron chi connectivity index (χ2n) is 1.71. The van der Waals surface area contributed by atoms with E-state index in [2.05, 4.69) is 25.3 Å². The van der Waals surface area contributed by atoms with Crippen LogP contribution in [0.15, 0.2) is 28.0 Å². The monoisotopic (exact) mass is 157 g/mol. The van der Waals surface area contributed by atoms with Gasteiger partial charge in [-0.3, -0.25) is 0 Å². The van der Waals surface area contributed by atoms with Crippen molar-refractivity contribution in [3.63, 3.8) is 0 Å². The second kappa shape index (κ2) is 2.54. The van der Waals surface area contributed by atoms with Crippen LogP contribution in [0, 0.1) is 0 Å². The third-order valence-corrected chi connectivity index (χ3v) is 1.84. The molecule has 0 fully saturated rings. The number of hydrogen-bond donors (Lipinski definition) is 3. The summed E-state index contributed by atoms with van der Waals surface area (Å²) in [7, 11) is 0. The smallest absolute Gasteiger partial charge is 0.0585 e. The number of hydrogen-bond acceptors (Lipinski definition) is 3. The minimum Gasteiger partial charge on any atom is -0.397 e. The predicted molar refractivity (Wildman–Crippen MR) is 45.4 cm³/mol. The van der Waals surface area contributed by atoms with Crippen LogP contribution < -0.4 is 5.73 Å². The molecule has 0 aliphatic heterocycles. The number of nitrogen functional groups attached to an aromatic ring is 1. The molecule has 1 nitrogen and oxygen atoms in total. The molecule has 1 aromatic rings. The Morgan fingerprint density at radius 2 is 1.56 bits per heavy atom. The molecule has 0 spiro atoms. The molecular weight excluding hydrogens is 150 g/mol. The first-order valence-electron chi connectivity index (χ1n) is 2.48. The summed E-state index contributed by atoms with van der Waals surface area (Å²) in [5.41, 5.74) is 6.17. The summed E-state index contributed by atoms with van der Waals surface area (Å²) in [6, 6.07) is 5.53. The largest absolute Gasteiger partial charge is 0.397 e. The maximum absolute atomic E-state index is 5.53. The molecule has 0 amide bonds. The molecule has 0 aliphatic carbocycles. The molecule has 0 unspecified atom stereocenters. The molecule has 0 atom stereocenters. The Kier molecular flexibility index (Phi) is 1.93. The van der Waals surface area contributed by atoms with Gasteiger partial charge in [-0.15, -0.1) is 25.3 Å². The average molecular weight is 157 g/mol. The number of anilines is 1. The van der Waals surface area contributed by atoms with Crippen molar-refractivity contribution in [1.82, 2.24) is 0 Å². The van der Waals surface area contributed by atoms with E-state index in [9.17, 15) is 0 Å². The average Bonchev–Trinajstić information content (AvgIpc) is 1.83. The Bertz CT molecular complexity index is 202. The lowest BCUT2D eigenvalue weighted by Crippen LogP contribution is -1.87. The van der Waals surface area contributed by atoms with Crippen molar-refractivity contribution in [2.24, 2.45) is 0 Å². The van der Waals surface area contributed by atoms with E-state index >= 15 is 0 Å². The zero-order valence-corrected chi connectivity index (χ0v) is 6.49. The van der Waals surface area contributed by atoms with Crippen molar-refractivity contribution >= 4 is 30.9 Å². The van der Waals surface area contributed by atoms with Crippen LogP contribution in [0.25, 0.3) is 0 Å². The first-order valence-corrected chi connectivity index (χ1v) is 3.37. The van der Waals surface area contributed by atoms with E-state index in [-0.39, 0.29) is 0 Å². The minimum atomic E-state index is 0.643. The van der Waals surface area contributed by atoms with Gasteiger partial charge in [-0.05, 0) is 12.1 Å². The fourth-order valence-corrected chi connectivity index (χ4v) is 1.04. The van der Waals surface area contributed by atoms with Gasteiger partial charge in [0.1, 0.15) is 0 Å². The van der Waals surface area contributed by atoms with Crippen molar-refractivity contribution in [2.75, 3.05) is 5.73 Å². The summed E-state index contributed by atoms with van der Waals surface area (Å²) in [6.45, 7) is 0. The Morgan fingerprint density at radius 1 is 1.11 bits per heavy atom.